The van der Waals surface area contributed by atoms with Gasteiger partial charge in [-0.1, -0.05) is 30.3 Å². The molecule has 4 heterocycles. The van der Waals surface area contributed by atoms with Crippen LogP contribution in [0.5, 0.6) is 0 Å². The first-order chi connectivity index (χ1) is 15.7. The lowest BCUT2D eigenvalue weighted by molar-refractivity contribution is -0.140. The van der Waals surface area contributed by atoms with Gasteiger partial charge in [0.1, 0.15) is 6.10 Å². The van der Waals surface area contributed by atoms with Gasteiger partial charge in [-0.25, -0.2) is 0 Å². The molecule has 0 saturated carbocycles. The van der Waals surface area contributed by atoms with Gasteiger partial charge in [0.15, 0.2) is 0 Å². The molecular formula is C25H35N3O4. The van der Waals surface area contributed by atoms with Crippen molar-refractivity contribution < 1.29 is 19.1 Å². The van der Waals surface area contributed by atoms with Gasteiger partial charge in [-0.2, -0.15) is 0 Å². The Kier molecular flexibility index (Phi) is 6.76. The number of likely N-dealkylation sites (tertiary alicyclic amines) is 2. The minimum atomic E-state index is -0.203. The Labute approximate surface area is 190 Å². The van der Waals surface area contributed by atoms with Crippen LogP contribution >= 0.6 is 0 Å². The number of hydrogen-bond donors (Lipinski definition) is 1. The highest BCUT2D eigenvalue weighted by molar-refractivity contribution is 5.81. The molecule has 32 heavy (non-hydrogen) atoms. The van der Waals surface area contributed by atoms with Crippen LogP contribution in [-0.2, 0) is 19.1 Å². The normalized spacial score (nSPS) is 31.1. The zero-order chi connectivity index (χ0) is 21.9. The molecule has 2 amide bonds. The molecule has 4 aliphatic heterocycles. The summed E-state index contributed by atoms with van der Waals surface area (Å²) in [4.78, 5) is 30.0. The molecule has 0 aliphatic carbocycles. The SMILES string of the molecule is O=C(NC(CCN1CC2CN(C(=O)[C@@H]3CCCO3)CC2C1)c1ccccc1)C1CCOC1. The maximum Gasteiger partial charge on any atom is 0.251 e. The van der Waals surface area contributed by atoms with Gasteiger partial charge >= 0.3 is 0 Å². The highest BCUT2D eigenvalue weighted by Gasteiger charge is 2.43. The van der Waals surface area contributed by atoms with Gasteiger partial charge in [0.05, 0.1) is 18.6 Å². The van der Waals surface area contributed by atoms with Crippen LogP contribution in [-0.4, -0.2) is 80.3 Å². The van der Waals surface area contributed by atoms with Crippen LogP contribution in [0.2, 0.25) is 0 Å². The summed E-state index contributed by atoms with van der Waals surface area (Å²) in [6.45, 7) is 6.67. The molecule has 7 heteroatoms. The topological polar surface area (TPSA) is 71.1 Å². The zero-order valence-corrected chi connectivity index (χ0v) is 18.8. The molecule has 1 aromatic carbocycles. The first kappa shape index (κ1) is 21.9. The van der Waals surface area contributed by atoms with Crippen molar-refractivity contribution in [2.45, 2.75) is 37.8 Å². The number of fused-ring (bicyclic) bond motifs is 1. The third-order valence-electron chi connectivity index (χ3n) is 7.63. The Morgan fingerprint density at radius 1 is 1.03 bits per heavy atom. The fraction of sp³-hybridized carbons (Fsp3) is 0.680. The minimum Gasteiger partial charge on any atom is -0.381 e. The summed E-state index contributed by atoms with van der Waals surface area (Å²) in [5.41, 5.74) is 1.16. The van der Waals surface area contributed by atoms with E-state index in [9.17, 15) is 9.59 Å². The van der Waals surface area contributed by atoms with Gasteiger partial charge in [0.2, 0.25) is 5.91 Å². The Hall–Kier alpha value is -1.96. The molecular weight excluding hydrogens is 406 g/mol. The summed E-state index contributed by atoms with van der Waals surface area (Å²) in [5, 5.41) is 3.29. The van der Waals surface area contributed by atoms with E-state index in [1.807, 2.05) is 23.1 Å². The van der Waals surface area contributed by atoms with E-state index in [0.717, 1.165) is 70.6 Å². The fourth-order valence-electron chi connectivity index (χ4n) is 5.78. The first-order valence-electron chi connectivity index (χ1n) is 12.2. The van der Waals surface area contributed by atoms with Gasteiger partial charge in [0.25, 0.3) is 5.91 Å². The Bertz CT molecular complexity index is 778. The van der Waals surface area contributed by atoms with Crippen molar-refractivity contribution >= 4 is 11.8 Å². The van der Waals surface area contributed by atoms with Crippen molar-refractivity contribution in [3.8, 4) is 0 Å². The van der Waals surface area contributed by atoms with Crippen molar-refractivity contribution in [3.63, 3.8) is 0 Å². The molecule has 4 aliphatic rings. The smallest absolute Gasteiger partial charge is 0.251 e. The Balaban J connectivity index is 1.14. The highest BCUT2D eigenvalue weighted by atomic mass is 16.5. The van der Waals surface area contributed by atoms with Crippen molar-refractivity contribution in [1.82, 2.24) is 15.1 Å². The van der Waals surface area contributed by atoms with E-state index in [-0.39, 0.29) is 29.9 Å². The average molecular weight is 442 g/mol. The number of rotatable bonds is 7. The molecule has 1 N–H and O–H groups in total. The van der Waals surface area contributed by atoms with Crippen molar-refractivity contribution in [3.05, 3.63) is 35.9 Å². The number of ether oxygens (including phenoxy) is 2. The molecule has 0 bridgehead atoms. The quantitative estimate of drug-likeness (QED) is 0.699. The molecule has 5 atom stereocenters. The summed E-state index contributed by atoms with van der Waals surface area (Å²) < 4.78 is 11.0. The molecule has 5 rings (SSSR count). The Morgan fingerprint density at radius 3 is 2.47 bits per heavy atom. The van der Waals surface area contributed by atoms with E-state index < -0.39 is 0 Å². The van der Waals surface area contributed by atoms with E-state index >= 15 is 0 Å². The van der Waals surface area contributed by atoms with E-state index in [1.54, 1.807) is 0 Å². The molecule has 4 fully saturated rings. The molecule has 0 spiro atoms. The largest absolute Gasteiger partial charge is 0.381 e. The van der Waals surface area contributed by atoms with E-state index in [0.29, 0.717) is 25.0 Å². The predicted octanol–water partition coefficient (Wildman–Crippen LogP) is 1.84. The molecule has 1 aromatic rings. The Morgan fingerprint density at radius 2 is 1.81 bits per heavy atom. The molecule has 4 unspecified atom stereocenters. The summed E-state index contributed by atoms with van der Waals surface area (Å²) in [7, 11) is 0. The number of nitrogens with one attached hydrogen (secondary N) is 1. The van der Waals surface area contributed by atoms with Gasteiger partial charge in [-0.05, 0) is 43.1 Å². The fourth-order valence-corrected chi connectivity index (χ4v) is 5.78. The van der Waals surface area contributed by atoms with Crippen molar-refractivity contribution in [2.24, 2.45) is 17.8 Å². The predicted molar refractivity (Wildman–Crippen MR) is 120 cm³/mol. The number of nitrogens with zero attached hydrogens (tertiary/aromatic N) is 2. The second kappa shape index (κ2) is 9.89. The molecule has 7 nitrogen and oxygen atoms in total. The standard InChI is InChI=1S/C25H35N3O4/c29-24(19-9-12-31-17-19)26-22(18-5-2-1-3-6-18)8-10-27-13-20-15-28(16-21(20)14-27)25(30)23-7-4-11-32-23/h1-3,5-6,19-23H,4,7-17H2,(H,26,29)/t19?,20?,21?,22?,23-/m0/s1. The number of hydrogen-bond acceptors (Lipinski definition) is 5. The number of carbonyl (C=O) groups excluding carboxylic acids is 2. The molecule has 0 radical (unpaired) electrons. The molecule has 4 saturated heterocycles. The molecule has 0 aromatic heterocycles. The second-order valence-electron chi connectivity index (χ2n) is 9.85. The minimum absolute atomic E-state index is 0.0160. The maximum atomic E-state index is 12.7. The summed E-state index contributed by atoms with van der Waals surface area (Å²) in [5.74, 6) is 1.39. The van der Waals surface area contributed by atoms with Crippen LogP contribution < -0.4 is 5.32 Å². The third kappa shape index (κ3) is 4.85. The second-order valence-corrected chi connectivity index (χ2v) is 9.85. The first-order valence-corrected chi connectivity index (χ1v) is 12.2. The van der Waals surface area contributed by atoms with Crippen LogP contribution in [0.1, 0.15) is 37.3 Å². The number of benzene rings is 1. The van der Waals surface area contributed by atoms with Gasteiger partial charge in [-0.15, -0.1) is 0 Å². The van der Waals surface area contributed by atoms with Crippen molar-refractivity contribution in [1.29, 1.82) is 0 Å². The lowest BCUT2D eigenvalue weighted by Crippen LogP contribution is -2.40. The third-order valence-corrected chi connectivity index (χ3v) is 7.63. The molecule has 174 valence electrons. The lowest BCUT2D eigenvalue weighted by Gasteiger charge is -2.26. The van der Waals surface area contributed by atoms with Crippen LogP contribution in [0.3, 0.4) is 0 Å². The monoisotopic (exact) mass is 441 g/mol. The highest BCUT2D eigenvalue weighted by Crippen LogP contribution is 2.33. The van der Waals surface area contributed by atoms with Crippen LogP contribution in [0.15, 0.2) is 30.3 Å². The van der Waals surface area contributed by atoms with Gasteiger partial charge in [-0.3, -0.25) is 9.59 Å². The van der Waals surface area contributed by atoms with Crippen LogP contribution in [0, 0.1) is 17.8 Å². The number of carbonyl (C=O) groups is 2. The van der Waals surface area contributed by atoms with E-state index in [4.69, 9.17) is 9.47 Å². The summed E-state index contributed by atoms with van der Waals surface area (Å²) in [6, 6.07) is 10.3. The van der Waals surface area contributed by atoms with Gasteiger partial charge in [0, 0.05) is 45.9 Å². The summed E-state index contributed by atoms with van der Waals surface area (Å²) in [6.07, 6.45) is 3.37. The van der Waals surface area contributed by atoms with Gasteiger partial charge < -0.3 is 24.6 Å². The number of amides is 2. The average Bonchev–Trinajstić information content (AvgIpc) is 3.60. The maximum absolute atomic E-state index is 12.7. The lowest BCUT2D eigenvalue weighted by atomic mass is 10.0. The van der Waals surface area contributed by atoms with E-state index in [2.05, 4.69) is 22.3 Å². The van der Waals surface area contributed by atoms with Crippen LogP contribution in [0.4, 0.5) is 0 Å². The summed E-state index contributed by atoms with van der Waals surface area (Å²) >= 11 is 0. The van der Waals surface area contributed by atoms with Crippen LogP contribution in [0.25, 0.3) is 0 Å². The zero-order valence-electron chi connectivity index (χ0n) is 18.8. The van der Waals surface area contributed by atoms with E-state index in [1.165, 1.54) is 0 Å². The van der Waals surface area contributed by atoms with Crippen molar-refractivity contribution in [2.75, 3.05) is 52.5 Å².